The molecule has 0 saturated heterocycles. The Morgan fingerprint density at radius 2 is 1.90 bits per heavy atom. The standard InChI is InChI=1S/C13H15N3O3S/c1-8-5-9(2)15-13(6-8)16-20(18,19)10-3-4-12(17)11(14)7-10/h3-7,17H,14H2,1-2H3,(H,15,16). The van der Waals surface area contributed by atoms with Crippen LogP contribution in [0.15, 0.2) is 35.2 Å². The van der Waals surface area contributed by atoms with Crippen LogP contribution in [-0.4, -0.2) is 18.5 Å². The number of aryl methyl sites for hydroxylation is 2. The molecular weight excluding hydrogens is 278 g/mol. The predicted octanol–water partition coefficient (Wildman–Crippen LogP) is 1.79. The molecule has 7 heteroatoms. The molecule has 106 valence electrons. The molecule has 0 unspecified atom stereocenters. The van der Waals surface area contributed by atoms with Gasteiger partial charge in [-0.15, -0.1) is 0 Å². The van der Waals surface area contributed by atoms with Gasteiger partial charge in [-0.2, -0.15) is 0 Å². The number of aromatic nitrogens is 1. The molecule has 1 heterocycles. The zero-order valence-corrected chi connectivity index (χ0v) is 11.9. The summed E-state index contributed by atoms with van der Waals surface area (Å²) in [5.74, 6) is 0.0858. The topological polar surface area (TPSA) is 105 Å². The van der Waals surface area contributed by atoms with Crippen LogP contribution in [0.25, 0.3) is 0 Å². The number of nitrogens with two attached hydrogens (primary N) is 1. The van der Waals surface area contributed by atoms with Gasteiger partial charge in [0.25, 0.3) is 10.0 Å². The molecule has 0 fully saturated rings. The van der Waals surface area contributed by atoms with Gasteiger partial charge in [-0.05, 0) is 49.7 Å². The highest BCUT2D eigenvalue weighted by Crippen LogP contribution is 2.24. The summed E-state index contributed by atoms with van der Waals surface area (Å²) in [6.45, 7) is 3.63. The highest BCUT2D eigenvalue weighted by atomic mass is 32.2. The first-order chi connectivity index (χ1) is 9.28. The van der Waals surface area contributed by atoms with Crippen LogP contribution >= 0.6 is 0 Å². The maximum absolute atomic E-state index is 12.2. The van der Waals surface area contributed by atoms with E-state index in [1.54, 1.807) is 13.0 Å². The van der Waals surface area contributed by atoms with Crippen molar-refractivity contribution in [2.45, 2.75) is 18.7 Å². The lowest BCUT2D eigenvalue weighted by Crippen LogP contribution is -2.14. The van der Waals surface area contributed by atoms with Crippen LogP contribution in [0.3, 0.4) is 0 Å². The molecule has 20 heavy (non-hydrogen) atoms. The second-order valence-electron chi connectivity index (χ2n) is 4.50. The van der Waals surface area contributed by atoms with E-state index in [2.05, 4.69) is 9.71 Å². The molecule has 4 N–H and O–H groups in total. The van der Waals surface area contributed by atoms with Crippen LogP contribution in [0.1, 0.15) is 11.3 Å². The number of nitrogen functional groups attached to an aromatic ring is 1. The Balaban J connectivity index is 2.37. The summed E-state index contributed by atoms with van der Waals surface area (Å²) in [6.07, 6.45) is 0. The summed E-state index contributed by atoms with van der Waals surface area (Å²) in [7, 11) is -3.79. The van der Waals surface area contributed by atoms with Crippen LogP contribution in [0.2, 0.25) is 0 Å². The first-order valence-corrected chi connectivity index (χ1v) is 7.33. The van der Waals surface area contributed by atoms with E-state index in [1.807, 2.05) is 13.0 Å². The highest BCUT2D eigenvalue weighted by Gasteiger charge is 2.16. The number of hydrogen-bond donors (Lipinski definition) is 3. The van der Waals surface area contributed by atoms with Crippen LogP contribution < -0.4 is 10.5 Å². The van der Waals surface area contributed by atoms with E-state index in [4.69, 9.17) is 5.73 Å². The third-order valence-corrected chi connectivity index (χ3v) is 4.00. The van der Waals surface area contributed by atoms with Gasteiger partial charge in [0.2, 0.25) is 0 Å². The van der Waals surface area contributed by atoms with Crippen LogP contribution in [0, 0.1) is 13.8 Å². The smallest absolute Gasteiger partial charge is 0.263 e. The van der Waals surface area contributed by atoms with Crippen molar-refractivity contribution in [2.75, 3.05) is 10.5 Å². The first kappa shape index (κ1) is 14.1. The average Bonchev–Trinajstić information content (AvgIpc) is 2.30. The Morgan fingerprint density at radius 1 is 1.20 bits per heavy atom. The lowest BCUT2D eigenvalue weighted by atomic mass is 10.2. The van der Waals surface area contributed by atoms with Gasteiger partial charge in [-0.25, -0.2) is 13.4 Å². The molecule has 0 amide bonds. The van der Waals surface area contributed by atoms with E-state index < -0.39 is 10.0 Å². The summed E-state index contributed by atoms with van der Waals surface area (Å²) in [5.41, 5.74) is 7.12. The molecule has 0 aliphatic rings. The molecule has 0 radical (unpaired) electrons. The monoisotopic (exact) mass is 293 g/mol. The van der Waals surface area contributed by atoms with Gasteiger partial charge in [-0.3, -0.25) is 4.72 Å². The van der Waals surface area contributed by atoms with Crippen LogP contribution in [-0.2, 0) is 10.0 Å². The molecule has 6 nitrogen and oxygen atoms in total. The SMILES string of the molecule is Cc1cc(C)nc(NS(=O)(=O)c2ccc(O)c(N)c2)c1. The fourth-order valence-corrected chi connectivity index (χ4v) is 2.82. The lowest BCUT2D eigenvalue weighted by Gasteiger charge is -2.09. The molecule has 1 aromatic heterocycles. The van der Waals surface area contributed by atoms with E-state index in [0.717, 1.165) is 5.56 Å². The molecule has 1 aromatic carbocycles. The van der Waals surface area contributed by atoms with Crippen molar-refractivity contribution < 1.29 is 13.5 Å². The molecular formula is C13H15N3O3S. The molecule has 0 aliphatic heterocycles. The minimum Gasteiger partial charge on any atom is -0.506 e. The van der Waals surface area contributed by atoms with Crippen molar-refractivity contribution >= 4 is 21.5 Å². The molecule has 2 rings (SSSR count). The second-order valence-corrected chi connectivity index (χ2v) is 6.18. The first-order valence-electron chi connectivity index (χ1n) is 5.84. The minimum absolute atomic E-state index is 0.00116. The zero-order chi connectivity index (χ0) is 14.9. The number of phenols is 1. The number of rotatable bonds is 3. The van der Waals surface area contributed by atoms with E-state index in [1.165, 1.54) is 18.2 Å². The number of nitrogens with zero attached hydrogens (tertiary/aromatic N) is 1. The number of phenolic OH excluding ortho intramolecular Hbond substituents is 1. The second kappa shape index (κ2) is 5.01. The number of aromatic hydroxyl groups is 1. The summed E-state index contributed by atoms with van der Waals surface area (Å²) in [4.78, 5) is 4.08. The molecule has 0 aliphatic carbocycles. The van der Waals surface area contributed by atoms with Crippen LogP contribution in [0.4, 0.5) is 11.5 Å². The highest BCUT2D eigenvalue weighted by molar-refractivity contribution is 7.92. The largest absolute Gasteiger partial charge is 0.506 e. The Hall–Kier alpha value is -2.28. The molecule has 0 saturated carbocycles. The fraction of sp³-hybridized carbons (Fsp3) is 0.154. The number of hydrogen-bond acceptors (Lipinski definition) is 5. The van der Waals surface area contributed by atoms with Crippen molar-refractivity contribution in [1.82, 2.24) is 4.98 Å². The van der Waals surface area contributed by atoms with Gasteiger partial charge in [-0.1, -0.05) is 0 Å². The summed E-state index contributed by atoms with van der Waals surface area (Å²) in [6, 6.07) is 7.18. The van der Waals surface area contributed by atoms with Gasteiger partial charge in [0, 0.05) is 5.69 Å². The van der Waals surface area contributed by atoms with Crippen molar-refractivity contribution in [3.63, 3.8) is 0 Å². The molecule has 0 spiro atoms. The maximum Gasteiger partial charge on any atom is 0.263 e. The summed E-state index contributed by atoms with van der Waals surface area (Å²) in [5, 5.41) is 9.32. The Labute approximate surface area is 117 Å². The van der Waals surface area contributed by atoms with Gasteiger partial charge in [0.05, 0.1) is 10.6 Å². The Bertz CT molecular complexity index is 737. The minimum atomic E-state index is -3.79. The summed E-state index contributed by atoms with van der Waals surface area (Å²) < 4.78 is 26.8. The third kappa shape index (κ3) is 3.00. The zero-order valence-electron chi connectivity index (χ0n) is 11.1. The van der Waals surface area contributed by atoms with Gasteiger partial charge < -0.3 is 10.8 Å². The number of nitrogens with one attached hydrogen (secondary N) is 1. The number of sulfonamides is 1. The van der Waals surface area contributed by atoms with Gasteiger partial charge in [0.1, 0.15) is 11.6 Å². The molecule has 2 aromatic rings. The fourth-order valence-electron chi connectivity index (χ4n) is 1.79. The average molecular weight is 293 g/mol. The van der Waals surface area contributed by atoms with Crippen LogP contribution in [0.5, 0.6) is 5.75 Å². The Morgan fingerprint density at radius 3 is 2.50 bits per heavy atom. The number of anilines is 2. The number of pyridine rings is 1. The number of benzene rings is 1. The predicted molar refractivity (Wildman–Crippen MR) is 77.0 cm³/mol. The van der Waals surface area contributed by atoms with E-state index in [9.17, 15) is 13.5 Å². The normalized spacial score (nSPS) is 11.3. The maximum atomic E-state index is 12.2. The van der Waals surface area contributed by atoms with E-state index >= 15 is 0 Å². The third-order valence-electron chi connectivity index (χ3n) is 2.65. The quantitative estimate of drug-likeness (QED) is 0.591. The molecule has 0 atom stereocenters. The Kier molecular flexibility index (Phi) is 3.54. The summed E-state index contributed by atoms with van der Waals surface area (Å²) >= 11 is 0. The van der Waals surface area contributed by atoms with Crippen molar-refractivity contribution in [1.29, 1.82) is 0 Å². The lowest BCUT2D eigenvalue weighted by molar-refractivity contribution is 0.477. The van der Waals surface area contributed by atoms with E-state index in [0.29, 0.717) is 5.69 Å². The van der Waals surface area contributed by atoms with E-state index in [-0.39, 0.29) is 22.2 Å². The van der Waals surface area contributed by atoms with Crippen molar-refractivity contribution in [3.05, 3.63) is 41.6 Å². The van der Waals surface area contributed by atoms with Crippen molar-refractivity contribution in [3.8, 4) is 5.75 Å². The van der Waals surface area contributed by atoms with Crippen molar-refractivity contribution in [2.24, 2.45) is 0 Å². The van der Waals surface area contributed by atoms with Gasteiger partial charge >= 0.3 is 0 Å². The van der Waals surface area contributed by atoms with Gasteiger partial charge in [0.15, 0.2) is 0 Å². The molecule has 0 bridgehead atoms.